The van der Waals surface area contributed by atoms with Crippen molar-refractivity contribution in [1.29, 1.82) is 0 Å². The molecule has 8 nitrogen and oxygen atoms in total. The van der Waals surface area contributed by atoms with Crippen LogP contribution in [-0.2, 0) is 5.41 Å². The van der Waals surface area contributed by atoms with Crippen LogP contribution in [0.25, 0.3) is 11.1 Å². The minimum atomic E-state index is -0.112. The first-order chi connectivity index (χ1) is 19.1. The molecule has 1 fully saturated rings. The molecule has 2 amide bonds. The summed E-state index contributed by atoms with van der Waals surface area (Å²) in [5.41, 5.74) is 4.07. The van der Waals surface area contributed by atoms with Gasteiger partial charge in [-0.15, -0.1) is 10.2 Å². The van der Waals surface area contributed by atoms with E-state index in [2.05, 4.69) is 48.0 Å². The van der Waals surface area contributed by atoms with Crippen molar-refractivity contribution in [2.45, 2.75) is 47.0 Å². The maximum Gasteiger partial charge on any atom is 0.274 e. The monoisotopic (exact) mass is 543 g/mol. The van der Waals surface area contributed by atoms with E-state index in [0.29, 0.717) is 57.1 Å². The molecule has 212 valence electrons. The number of hydrogen-bond acceptors (Lipinski definition) is 6. The van der Waals surface area contributed by atoms with Crippen LogP contribution in [0, 0.1) is 0 Å². The molecule has 0 bridgehead atoms. The Labute approximate surface area is 238 Å². The third-order valence-corrected chi connectivity index (χ3v) is 7.34. The largest absolute Gasteiger partial charge is 0.494 e. The molecular formula is C32H41N5O3. The van der Waals surface area contributed by atoms with Crippen LogP contribution in [0.4, 0.5) is 5.82 Å². The quantitative estimate of drug-likeness (QED) is 0.385. The minimum absolute atomic E-state index is 0.0271. The highest BCUT2D eigenvalue weighted by molar-refractivity contribution is 5.96. The molecule has 0 saturated carbocycles. The summed E-state index contributed by atoms with van der Waals surface area (Å²) in [7, 11) is 0. The Bertz CT molecular complexity index is 1320. The van der Waals surface area contributed by atoms with Crippen LogP contribution >= 0.6 is 0 Å². The van der Waals surface area contributed by atoms with Crippen LogP contribution in [-0.4, -0.2) is 77.7 Å². The van der Waals surface area contributed by atoms with Crippen molar-refractivity contribution in [3.63, 3.8) is 0 Å². The van der Waals surface area contributed by atoms with Gasteiger partial charge in [-0.05, 0) is 79.3 Å². The summed E-state index contributed by atoms with van der Waals surface area (Å²) >= 11 is 0. The lowest BCUT2D eigenvalue weighted by Gasteiger charge is -2.35. The van der Waals surface area contributed by atoms with Crippen LogP contribution in [0.5, 0.6) is 5.75 Å². The molecule has 1 aliphatic heterocycles. The molecule has 1 aliphatic rings. The zero-order valence-corrected chi connectivity index (χ0v) is 24.6. The van der Waals surface area contributed by atoms with E-state index >= 15 is 0 Å². The molecule has 0 N–H and O–H groups in total. The number of hydrogen-bond donors (Lipinski definition) is 0. The molecular weight excluding hydrogens is 502 g/mol. The predicted octanol–water partition coefficient (Wildman–Crippen LogP) is 5.28. The summed E-state index contributed by atoms with van der Waals surface area (Å²) in [6.45, 7) is 16.7. The molecule has 3 aromatic rings. The molecule has 2 aromatic carbocycles. The number of nitrogens with zero attached hydrogens (tertiary/aromatic N) is 5. The Kier molecular flexibility index (Phi) is 9.07. The summed E-state index contributed by atoms with van der Waals surface area (Å²) in [5.74, 6) is 1.45. The van der Waals surface area contributed by atoms with Gasteiger partial charge in [0.15, 0.2) is 11.5 Å². The first-order valence-electron chi connectivity index (χ1n) is 14.2. The van der Waals surface area contributed by atoms with Crippen molar-refractivity contribution >= 4 is 17.6 Å². The second-order valence-electron chi connectivity index (χ2n) is 11.0. The van der Waals surface area contributed by atoms with Crippen molar-refractivity contribution < 1.29 is 14.3 Å². The number of anilines is 1. The van der Waals surface area contributed by atoms with E-state index in [1.165, 1.54) is 0 Å². The normalized spacial score (nSPS) is 13.8. The zero-order valence-electron chi connectivity index (χ0n) is 24.6. The molecule has 4 rings (SSSR count). The second kappa shape index (κ2) is 12.5. The van der Waals surface area contributed by atoms with Crippen molar-refractivity contribution in [2.24, 2.45) is 0 Å². The maximum absolute atomic E-state index is 13.7. The molecule has 8 heteroatoms. The summed E-state index contributed by atoms with van der Waals surface area (Å²) in [6, 6.07) is 17.8. The van der Waals surface area contributed by atoms with Gasteiger partial charge in [-0.2, -0.15) is 0 Å². The molecule has 40 heavy (non-hydrogen) atoms. The van der Waals surface area contributed by atoms with Gasteiger partial charge < -0.3 is 19.4 Å². The third kappa shape index (κ3) is 6.61. The fraction of sp³-hybridized carbons (Fsp3) is 0.438. The van der Waals surface area contributed by atoms with Crippen LogP contribution in [0.1, 0.15) is 68.0 Å². The highest BCUT2D eigenvalue weighted by Crippen LogP contribution is 2.31. The number of aromatic nitrogens is 2. The predicted molar refractivity (Wildman–Crippen MR) is 159 cm³/mol. The standard InChI is InChI=1S/C32H41N5O3/c1-7-35(8-2)31(39)28-13-14-29(34-33-28)36-15-17-37(18-16-36)30(38)25-19-24(20-26(21-25)32(4,5)6)23-11-10-12-27(22-23)40-9-3/h10-14,19-22H,7-9,15-18H2,1-6H3. The van der Waals surface area contributed by atoms with E-state index in [9.17, 15) is 9.59 Å². The molecule has 0 radical (unpaired) electrons. The van der Waals surface area contributed by atoms with E-state index < -0.39 is 0 Å². The number of amides is 2. The fourth-order valence-electron chi connectivity index (χ4n) is 4.88. The number of rotatable bonds is 8. The highest BCUT2D eigenvalue weighted by atomic mass is 16.5. The highest BCUT2D eigenvalue weighted by Gasteiger charge is 2.26. The smallest absolute Gasteiger partial charge is 0.274 e. The van der Waals surface area contributed by atoms with Crippen molar-refractivity contribution in [3.8, 4) is 16.9 Å². The third-order valence-electron chi connectivity index (χ3n) is 7.34. The minimum Gasteiger partial charge on any atom is -0.494 e. The van der Waals surface area contributed by atoms with Crippen molar-refractivity contribution in [1.82, 2.24) is 20.0 Å². The first-order valence-corrected chi connectivity index (χ1v) is 14.2. The molecule has 2 heterocycles. The van der Waals surface area contributed by atoms with Gasteiger partial charge in [-0.25, -0.2) is 0 Å². The van der Waals surface area contributed by atoms with Gasteiger partial charge in [-0.1, -0.05) is 39.0 Å². The van der Waals surface area contributed by atoms with Gasteiger partial charge in [0.05, 0.1) is 6.61 Å². The number of benzene rings is 2. The Hall–Kier alpha value is -3.94. The lowest BCUT2D eigenvalue weighted by atomic mass is 9.84. The van der Waals surface area contributed by atoms with Gasteiger partial charge in [0.25, 0.3) is 11.8 Å². The van der Waals surface area contributed by atoms with E-state index in [1.54, 1.807) is 11.0 Å². The van der Waals surface area contributed by atoms with Gasteiger partial charge >= 0.3 is 0 Å². The Morgan fingerprint density at radius 3 is 2.20 bits per heavy atom. The van der Waals surface area contributed by atoms with Crippen LogP contribution in [0.2, 0.25) is 0 Å². The van der Waals surface area contributed by atoms with E-state index in [-0.39, 0.29) is 17.2 Å². The SMILES string of the molecule is CCOc1cccc(-c2cc(C(=O)N3CCN(c4ccc(C(=O)N(CC)CC)nn4)CC3)cc(C(C)(C)C)c2)c1. The lowest BCUT2D eigenvalue weighted by Crippen LogP contribution is -2.49. The summed E-state index contributed by atoms with van der Waals surface area (Å²) in [6.07, 6.45) is 0. The number of carbonyl (C=O) groups excluding carboxylic acids is 2. The Morgan fingerprint density at radius 2 is 1.60 bits per heavy atom. The molecule has 0 unspecified atom stereocenters. The number of piperazine rings is 1. The van der Waals surface area contributed by atoms with Crippen molar-refractivity contribution in [3.05, 3.63) is 71.4 Å². The zero-order chi connectivity index (χ0) is 28.9. The molecule has 0 spiro atoms. The lowest BCUT2D eigenvalue weighted by molar-refractivity contribution is 0.0742. The number of ether oxygens (including phenoxy) is 1. The molecule has 1 saturated heterocycles. The summed E-state index contributed by atoms with van der Waals surface area (Å²) < 4.78 is 5.72. The first kappa shape index (κ1) is 29.1. The molecule has 1 aromatic heterocycles. The Balaban J connectivity index is 1.49. The van der Waals surface area contributed by atoms with Gasteiger partial charge in [0.1, 0.15) is 5.75 Å². The average molecular weight is 544 g/mol. The van der Waals surface area contributed by atoms with E-state index in [1.807, 2.05) is 62.1 Å². The van der Waals surface area contributed by atoms with E-state index in [4.69, 9.17) is 4.74 Å². The van der Waals surface area contributed by atoms with E-state index in [0.717, 1.165) is 28.3 Å². The Morgan fingerprint density at radius 1 is 0.875 bits per heavy atom. The van der Waals surface area contributed by atoms with Crippen LogP contribution < -0.4 is 9.64 Å². The average Bonchev–Trinajstić information content (AvgIpc) is 2.97. The molecule has 0 atom stereocenters. The van der Waals surface area contributed by atoms with Crippen LogP contribution in [0.3, 0.4) is 0 Å². The summed E-state index contributed by atoms with van der Waals surface area (Å²) in [5, 5.41) is 8.51. The van der Waals surface area contributed by atoms with Gasteiger partial charge in [-0.3, -0.25) is 9.59 Å². The molecule has 0 aliphatic carbocycles. The topological polar surface area (TPSA) is 78.9 Å². The van der Waals surface area contributed by atoms with Gasteiger partial charge in [0.2, 0.25) is 0 Å². The second-order valence-corrected chi connectivity index (χ2v) is 11.0. The summed E-state index contributed by atoms with van der Waals surface area (Å²) in [4.78, 5) is 32.0. The van der Waals surface area contributed by atoms with Crippen molar-refractivity contribution in [2.75, 3.05) is 50.8 Å². The van der Waals surface area contributed by atoms with Gasteiger partial charge in [0, 0.05) is 44.8 Å². The fourth-order valence-corrected chi connectivity index (χ4v) is 4.88. The number of carbonyl (C=O) groups is 2. The maximum atomic E-state index is 13.7. The van der Waals surface area contributed by atoms with Crippen LogP contribution in [0.15, 0.2) is 54.6 Å².